The summed E-state index contributed by atoms with van der Waals surface area (Å²) in [6.07, 6.45) is 3.66. The average molecular weight is 241 g/mol. The van der Waals surface area contributed by atoms with Gasteiger partial charge in [0.2, 0.25) is 5.96 Å². The van der Waals surface area contributed by atoms with Crippen LogP contribution in [0.5, 0.6) is 0 Å². The lowest BCUT2D eigenvalue weighted by Gasteiger charge is -1.93. The Morgan fingerprint density at radius 2 is 2.19 bits per heavy atom. The number of aliphatic imine (C=N–C) groups is 2. The van der Waals surface area contributed by atoms with Crippen molar-refractivity contribution in [1.82, 2.24) is 0 Å². The Morgan fingerprint density at radius 3 is 2.81 bits per heavy atom. The van der Waals surface area contributed by atoms with E-state index in [1.165, 1.54) is 0 Å². The number of rotatable bonds is 4. The molecule has 1 aromatic rings. The number of hydrogen-bond donors (Lipinski definition) is 3. The third kappa shape index (κ3) is 4.26. The predicted octanol–water partition coefficient (Wildman–Crippen LogP) is 0.231. The Balaban J connectivity index is 2.56. The quantitative estimate of drug-likeness (QED) is 0.515. The number of hydrogen-bond acceptors (Lipinski definition) is 3. The molecule has 0 atom stereocenters. The first-order valence-corrected chi connectivity index (χ1v) is 5.96. The summed E-state index contributed by atoms with van der Waals surface area (Å²) in [6.45, 7) is 0.403. The van der Waals surface area contributed by atoms with Crippen molar-refractivity contribution >= 4 is 23.7 Å². The molecule has 0 saturated carbocycles. The Bertz CT molecular complexity index is 394. The van der Waals surface area contributed by atoms with Crippen molar-refractivity contribution in [2.75, 3.05) is 6.26 Å². The maximum Gasteiger partial charge on any atom is 0.218 e. The van der Waals surface area contributed by atoms with Crippen LogP contribution in [0.1, 0.15) is 11.3 Å². The maximum atomic E-state index is 5.46. The minimum atomic E-state index is -0.100. The van der Waals surface area contributed by atoms with Gasteiger partial charge < -0.3 is 21.6 Å². The van der Waals surface area contributed by atoms with Gasteiger partial charge in [-0.05, 0) is 12.3 Å². The van der Waals surface area contributed by atoms with Crippen LogP contribution >= 0.6 is 11.8 Å². The van der Waals surface area contributed by atoms with Gasteiger partial charge in [-0.3, -0.25) is 0 Å². The van der Waals surface area contributed by atoms with Gasteiger partial charge in [-0.2, -0.15) is 16.8 Å². The first kappa shape index (κ1) is 12.4. The lowest BCUT2D eigenvalue weighted by Crippen LogP contribution is -2.26. The fourth-order valence-electron chi connectivity index (χ4n) is 1.07. The molecule has 7 heteroatoms. The molecular weight excluding hydrogens is 226 g/mol. The molecule has 0 aliphatic carbocycles. The van der Waals surface area contributed by atoms with E-state index in [-0.39, 0.29) is 11.9 Å². The maximum absolute atomic E-state index is 5.46. The van der Waals surface area contributed by atoms with Crippen LogP contribution in [-0.4, -0.2) is 18.2 Å². The highest BCUT2D eigenvalue weighted by atomic mass is 32.2. The molecule has 0 unspecified atom stereocenters. The Morgan fingerprint density at radius 1 is 1.44 bits per heavy atom. The standard InChI is InChI=1S/C9H15N5OS/c1-16-5-7-2-6(4-15-7)3-13-9(12)14-8(10)11/h2,4H,3,5H2,1H3,(H6,10,11,12,13,14). The highest BCUT2D eigenvalue weighted by Gasteiger charge is 2.00. The van der Waals surface area contributed by atoms with Crippen LogP contribution < -0.4 is 17.2 Å². The number of thioether (sulfide) groups is 1. The second-order valence-electron chi connectivity index (χ2n) is 3.07. The van der Waals surface area contributed by atoms with Crippen molar-refractivity contribution in [3.05, 3.63) is 23.7 Å². The van der Waals surface area contributed by atoms with E-state index in [1.54, 1.807) is 18.0 Å². The number of nitrogens with zero attached hydrogens (tertiary/aromatic N) is 2. The lowest BCUT2D eigenvalue weighted by atomic mass is 10.3. The molecule has 0 radical (unpaired) electrons. The SMILES string of the molecule is CSCc1cc(CN=C(N)N=C(N)N)co1. The summed E-state index contributed by atoms with van der Waals surface area (Å²) >= 11 is 1.69. The van der Waals surface area contributed by atoms with Crippen molar-refractivity contribution < 1.29 is 4.42 Å². The zero-order valence-corrected chi connectivity index (χ0v) is 9.83. The Hall–Kier alpha value is -1.63. The topological polar surface area (TPSA) is 116 Å². The van der Waals surface area contributed by atoms with E-state index in [1.807, 2.05) is 12.3 Å². The minimum absolute atomic E-state index is 0.0626. The molecule has 0 spiro atoms. The zero-order chi connectivity index (χ0) is 12.0. The Kier molecular flexibility index (Phi) is 4.71. The lowest BCUT2D eigenvalue weighted by molar-refractivity contribution is 0.528. The largest absolute Gasteiger partial charge is 0.468 e. The molecule has 1 aromatic heterocycles. The van der Waals surface area contributed by atoms with E-state index < -0.39 is 0 Å². The molecule has 0 aliphatic heterocycles. The summed E-state index contributed by atoms with van der Waals surface area (Å²) in [6, 6.07) is 1.93. The van der Waals surface area contributed by atoms with Gasteiger partial charge in [-0.15, -0.1) is 0 Å². The normalized spacial score (nSPS) is 11.4. The van der Waals surface area contributed by atoms with E-state index in [9.17, 15) is 0 Å². The fourth-order valence-corrected chi connectivity index (χ4v) is 1.50. The van der Waals surface area contributed by atoms with Crippen LogP contribution in [0.25, 0.3) is 0 Å². The van der Waals surface area contributed by atoms with Crippen molar-refractivity contribution in [2.45, 2.75) is 12.3 Å². The number of nitrogens with two attached hydrogens (primary N) is 3. The predicted molar refractivity (Wildman–Crippen MR) is 67.1 cm³/mol. The third-order valence-corrected chi connectivity index (χ3v) is 2.24. The molecule has 16 heavy (non-hydrogen) atoms. The highest BCUT2D eigenvalue weighted by Crippen LogP contribution is 2.13. The second-order valence-corrected chi connectivity index (χ2v) is 3.93. The molecule has 1 heterocycles. The molecule has 6 nitrogen and oxygen atoms in total. The zero-order valence-electron chi connectivity index (χ0n) is 9.01. The van der Waals surface area contributed by atoms with Gasteiger partial charge >= 0.3 is 0 Å². The van der Waals surface area contributed by atoms with Gasteiger partial charge in [-0.1, -0.05) is 0 Å². The molecule has 0 aliphatic rings. The van der Waals surface area contributed by atoms with Gasteiger partial charge in [0.15, 0.2) is 5.96 Å². The van der Waals surface area contributed by atoms with E-state index in [4.69, 9.17) is 21.6 Å². The van der Waals surface area contributed by atoms with E-state index in [2.05, 4.69) is 9.98 Å². The van der Waals surface area contributed by atoms with Crippen LogP contribution in [0.2, 0.25) is 0 Å². The van der Waals surface area contributed by atoms with Crippen molar-refractivity contribution in [3.63, 3.8) is 0 Å². The smallest absolute Gasteiger partial charge is 0.218 e. The number of furan rings is 1. The molecule has 0 aromatic carbocycles. The molecule has 0 bridgehead atoms. The number of guanidine groups is 2. The van der Waals surface area contributed by atoms with E-state index >= 15 is 0 Å². The van der Waals surface area contributed by atoms with Gasteiger partial charge in [0.1, 0.15) is 5.76 Å². The fraction of sp³-hybridized carbons (Fsp3) is 0.333. The van der Waals surface area contributed by atoms with E-state index in [0.29, 0.717) is 6.54 Å². The van der Waals surface area contributed by atoms with Crippen molar-refractivity contribution in [2.24, 2.45) is 27.2 Å². The van der Waals surface area contributed by atoms with Gasteiger partial charge in [0.05, 0.1) is 18.6 Å². The minimum Gasteiger partial charge on any atom is -0.468 e. The van der Waals surface area contributed by atoms with Crippen molar-refractivity contribution in [1.29, 1.82) is 0 Å². The highest BCUT2D eigenvalue weighted by molar-refractivity contribution is 7.97. The molecule has 0 amide bonds. The summed E-state index contributed by atoms with van der Waals surface area (Å²) in [4.78, 5) is 7.59. The molecule has 6 N–H and O–H groups in total. The summed E-state index contributed by atoms with van der Waals surface area (Å²) in [7, 11) is 0. The van der Waals surface area contributed by atoms with Crippen LogP contribution in [-0.2, 0) is 12.3 Å². The Labute approximate surface area is 98.0 Å². The average Bonchev–Trinajstić information content (AvgIpc) is 2.62. The third-order valence-electron chi connectivity index (χ3n) is 1.66. The first-order valence-electron chi connectivity index (χ1n) is 4.56. The summed E-state index contributed by atoms with van der Waals surface area (Å²) in [5.41, 5.74) is 16.7. The second kappa shape index (κ2) is 6.06. The molecule has 0 saturated heterocycles. The van der Waals surface area contributed by atoms with Gasteiger partial charge in [0.25, 0.3) is 0 Å². The van der Waals surface area contributed by atoms with Crippen LogP contribution in [0.15, 0.2) is 26.7 Å². The van der Waals surface area contributed by atoms with Crippen LogP contribution in [0.4, 0.5) is 0 Å². The molecule has 1 rings (SSSR count). The van der Waals surface area contributed by atoms with Gasteiger partial charge in [0, 0.05) is 5.56 Å². The van der Waals surface area contributed by atoms with Crippen LogP contribution in [0, 0.1) is 0 Å². The monoisotopic (exact) mass is 241 g/mol. The summed E-state index contributed by atoms with van der Waals surface area (Å²) in [5, 5.41) is 0. The van der Waals surface area contributed by atoms with Crippen LogP contribution in [0.3, 0.4) is 0 Å². The molecular formula is C9H15N5OS. The molecule has 88 valence electrons. The summed E-state index contributed by atoms with van der Waals surface area (Å²) in [5.74, 6) is 1.72. The van der Waals surface area contributed by atoms with Crippen molar-refractivity contribution in [3.8, 4) is 0 Å². The van der Waals surface area contributed by atoms with Gasteiger partial charge in [-0.25, -0.2) is 4.99 Å². The van der Waals surface area contributed by atoms with E-state index in [0.717, 1.165) is 17.1 Å². The summed E-state index contributed by atoms with van der Waals surface area (Å²) < 4.78 is 5.30. The molecule has 0 fully saturated rings. The first-order chi connectivity index (χ1) is 7.61.